The van der Waals surface area contributed by atoms with Crippen molar-refractivity contribution in [3.8, 4) is 0 Å². The number of hydrogen-bond donors (Lipinski definition) is 2. The van der Waals surface area contributed by atoms with Crippen molar-refractivity contribution in [2.75, 3.05) is 5.32 Å². The number of benzene rings is 1. The normalized spacial score (nSPS) is 10.7. The van der Waals surface area contributed by atoms with Crippen LogP contribution in [0.15, 0.2) is 30.3 Å². The molecular weight excluding hydrogens is 250 g/mol. The Labute approximate surface area is 110 Å². The summed E-state index contributed by atoms with van der Waals surface area (Å²) in [5.41, 5.74) is 2.02. The van der Waals surface area contributed by atoms with Crippen LogP contribution in [0, 0.1) is 0 Å². The van der Waals surface area contributed by atoms with Gasteiger partial charge in [0.25, 0.3) is 5.91 Å². The first-order valence-corrected chi connectivity index (χ1v) is 6.06. The molecule has 94 valence electrons. The van der Waals surface area contributed by atoms with Crippen molar-refractivity contribution in [3.05, 3.63) is 46.7 Å². The number of aromatic nitrogens is 2. The lowest BCUT2D eigenvalue weighted by molar-refractivity contribution is 0.102. The molecule has 2 N–H and O–H groups in total. The van der Waals surface area contributed by atoms with Crippen molar-refractivity contribution in [2.45, 2.75) is 19.8 Å². The van der Waals surface area contributed by atoms with Crippen LogP contribution in [0.25, 0.3) is 0 Å². The Balaban J connectivity index is 2.09. The molecule has 18 heavy (non-hydrogen) atoms. The second-order valence-electron chi connectivity index (χ2n) is 4.32. The molecule has 0 atom stereocenters. The number of amides is 1. The molecule has 0 aliphatic heterocycles. The molecule has 5 heteroatoms. The van der Waals surface area contributed by atoms with E-state index in [0.717, 1.165) is 5.69 Å². The predicted octanol–water partition coefficient (Wildman–Crippen LogP) is 3.44. The third-order valence-electron chi connectivity index (χ3n) is 2.55. The molecule has 0 spiro atoms. The SMILES string of the molecule is CC(C)c1cc(C(=O)Nc2ccc(Cl)cc2)n[nH]1. The number of carbonyl (C=O) groups is 1. The minimum Gasteiger partial charge on any atom is -0.321 e. The van der Waals surface area contributed by atoms with Crippen molar-refractivity contribution in [1.29, 1.82) is 0 Å². The summed E-state index contributed by atoms with van der Waals surface area (Å²) in [6, 6.07) is 8.70. The van der Waals surface area contributed by atoms with Gasteiger partial charge in [-0.2, -0.15) is 5.10 Å². The zero-order chi connectivity index (χ0) is 13.1. The molecule has 2 aromatic rings. The first kappa shape index (κ1) is 12.6. The second-order valence-corrected chi connectivity index (χ2v) is 4.76. The Bertz CT molecular complexity index is 546. The van der Waals surface area contributed by atoms with Gasteiger partial charge in [0.1, 0.15) is 0 Å². The van der Waals surface area contributed by atoms with Crippen LogP contribution in [-0.2, 0) is 0 Å². The van der Waals surface area contributed by atoms with Crippen LogP contribution < -0.4 is 5.32 Å². The predicted molar refractivity (Wildman–Crippen MR) is 72.1 cm³/mol. The number of carbonyl (C=O) groups excluding carboxylic acids is 1. The van der Waals surface area contributed by atoms with Crippen LogP contribution in [0.2, 0.25) is 5.02 Å². The molecule has 1 heterocycles. The highest BCUT2D eigenvalue weighted by Gasteiger charge is 2.12. The fraction of sp³-hybridized carbons (Fsp3) is 0.231. The first-order valence-electron chi connectivity index (χ1n) is 5.68. The van der Waals surface area contributed by atoms with Gasteiger partial charge >= 0.3 is 0 Å². The van der Waals surface area contributed by atoms with Gasteiger partial charge in [0, 0.05) is 16.4 Å². The van der Waals surface area contributed by atoms with Gasteiger partial charge < -0.3 is 5.32 Å². The summed E-state index contributed by atoms with van der Waals surface area (Å²) < 4.78 is 0. The van der Waals surface area contributed by atoms with E-state index in [-0.39, 0.29) is 5.91 Å². The third kappa shape index (κ3) is 2.90. The van der Waals surface area contributed by atoms with E-state index in [1.807, 2.05) is 13.8 Å². The molecule has 1 aromatic carbocycles. The van der Waals surface area contributed by atoms with E-state index in [9.17, 15) is 4.79 Å². The highest BCUT2D eigenvalue weighted by Crippen LogP contribution is 2.15. The number of aromatic amines is 1. The minimum atomic E-state index is -0.236. The van der Waals surface area contributed by atoms with Crippen molar-refractivity contribution < 1.29 is 4.79 Å². The molecule has 0 aliphatic carbocycles. The van der Waals surface area contributed by atoms with E-state index in [1.165, 1.54) is 0 Å². The molecule has 0 unspecified atom stereocenters. The van der Waals surface area contributed by atoms with Crippen molar-refractivity contribution in [2.24, 2.45) is 0 Å². The number of H-pyrrole nitrogens is 1. The van der Waals surface area contributed by atoms with Gasteiger partial charge in [-0.15, -0.1) is 0 Å². The number of rotatable bonds is 3. The van der Waals surface area contributed by atoms with Crippen molar-refractivity contribution in [1.82, 2.24) is 10.2 Å². The monoisotopic (exact) mass is 263 g/mol. The smallest absolute Gasteiger partial charge is 0.276 e. The van der Waals surface area contributed by atoms with Crippen LogP contribution in [0.5, 0.6) is 0 Å². The van der Waals surface area contributed by atoms with Crippen LogP contribution >= 0.6 is 11.6 Å². The fourth-order valence-corrected chi connectivity index (χ4v) is 1.60. The molecule has 2 rings (SSSR count). The highest BCUT2D eigenvalue weighted by atomic mass is 35.5. The Hall–Kier alpha value is -1.81. The van der Waals surface area contributed by atoms with Gasteiger partial charge in [-0.05, 0) is 36.2 Å². The standard InChI is InChI=1S/C13H14ClN3O/c1-8(2)11-7-12(17-16-11)13(18)15-10-5-3-9(14)4-6-10/h3-8H,1-2H3,(H,15,18)(H,16,17). The van der Waals surface area contributed by atoms with Crippen LogP contribution in [0.3, 0.4) is 0 Å². The summed E-state index contributed by atoms with van der Waals surface area (Å²) >= 11 is 5.77. The van der Waals surface area contributed by atoms with Crippen LogP contribution in [0.1, 0.15) is 35.9 Å². The fourth-order valence-electron chi connectivity index (χ4n) is 1.48. The number of anilines is 1. The van der Waals surface area contributed by atoms with Crippen LogP contribution in [0.4, 0.5) is 5.69 Å². The van der Waals surface area contributed by atoms with E-state index in [4.69, 9.17) is 11.6 Å². The topological polar surface area (TPSA) is 57.8 Å². The zero-order valence-corrected chi connectivity index (χ0v) is 11.0. The molecule has 0 bridgehead atoms. The Morgan fingerprint density at radius 2 is 2.00 bits per heavy atom. The lowest BCUT2D eigenvalue weighted by Crippen LogP contribution is -2.12. The molecule has 0 radical (unpaired) electrons. The van der Waals surface area contributed by atoms with Gasteiger partial charge in [0.05, 0.1) is 0 Å². The summed E-state index contributed by atoms with van der Waals surface area (Å²) in [5, 5.41) is 10.2. The lowest BCUT2D eigenvalue weighted by Gasteiger charge is -2.02. The molecule has 0 aliphatic rings. The molecule has 0 saturated carbocycles. The molecule has 0 saturated heterocycles. The molecule has 4 nitrogen and oxygen atoms in total. The average molecular weight is 264 g/mol. The van der Waals surface area contributed by atoms with Gasteiger partial charge in [-0.3, -0.25) is 9.89 Å². The summed E-state index contributed by atoms with van der Waals surface area (Å²) in [6.45, 7) is 4.07. The first-order chi connectivity index (χ1) is 8.56. The van der Waals surface area contributed by atoms with E-state index >= 15 is 0 Å². The Morgan fingerprint density at radius 1 is 1.33 bits per heavy atom. The van der Waals surface area contributed by atoms with Crippen molar-refractivity contribution in [3.63, 3.8) is 0 Å². The summed E-state index contributed by atoms with van der Waals surface area (Å²) in [5.74, 6) is 0.0788. The summed E-state index contributed by atoms with van der Waals surface area (Å²) in [4.78, 5) is 11.9. The summed E-state index contributed by atoms with van der Waals surface area (Å²) in [7, 11) is 0. The maximum Gasteiger partial charge on any atom is 0.276 e. The maximum absolute atomic E-state index is 11.9. The number of nitrogens with one attached hydrogen (secondary N) is 2. The van der Waals surface area contributed by atoms with E-state index < -0.39 is 0 Å². The van der Waals surface area contributed by atoms with Gasteiger partial charge in [-0.1, -0.05) is 25.4 Å². The molecule has 0 fully saturated rings. The molecular formula is C13H14ClN3O. The van der Waals surface area contributed by atoms with E-state index in [0.29, 0.717) is 22.3 Å². The maximum atomic E-state index is 11.9. The summed E-state index contributed by atoms with van der Waals surface area (Å²) in [6.07, 6.45) is 0. The molecule has 1 aromatic heterocycles. The number of nitrogens with zero attached hydrogens (tertiary/aromatic N) is 1. The largest absolute Gasteiger partial charge is 0.321 e. The van der Waals surface area contributed by atoms with Crippen LogP contribution in [-0.4, -0.2) is 16.1 Å². The van der Waals surface area contributed by atoms with Gasteiger partial charge in [0.15, 0.2) is 5.69 Å². The average Bonchev–Trinajstić information content (AvgIpc) is 2.81. The number of hydrogen-bond acceptors (Lipinski definition) is 2. The Kier molecular flexibility index (Phi) is 3.67. The molecule has 1 amide bonds. The van der Waals surface area contributed by atoms with Crippen molar-refractivity contribution >= 4 is 23.2 Å². The van der Waals surface area contributed by atoms with Gasteiger partial charge in [0.2, 0.25) is 0 Å². The van der Waals surface area contributed by atoms with Gasteiger partial charge in [-0.25, -0.2) is 0 Å². The minimum absolute atomic E-state index is 0.236. The second kappa shape index (κ2) is 5.23. The Morgan fingerprint density at radius 3 is 2.56 bits per heavy atom. The quantitative estimate of drug-likeness (QED) is 0.891. The van der Waals surface area contributed by atoms with E-state index in [2.05, 4.69) is 15.5 Å². The number of halogens is 1. The lowest BCUT2D eigenvalue weighted by atomic mass is 10.1. The highest BCUT2D eigenvalue weighted by molar-refractivity contribution is 6.30. The zero-order valence-electron chi connectivity index (χ0n) is 10.2. The van der Waals surface area contributed by atoms with E-state index in [1.54, 1.807) is 30.3 Å². The third-order valence-corrected chi connectivity index (χ3v) is 2.81.